The van der Waals surface area contributed by atoms with E-state index in [1.54, 1.807) is 18.2 Å². The molecule has 0 atom stereocenters. The molecule has 6 heteroatoms. The summed E-state index contributed by atoms with van der Waals surface area (Å²) in [5.41, 5.74) is 2.68. The number of hydrogen-bond donors (Lipinski definition) is 2. The maximum atomic E-state index is 12.9. The van der Waals surface area contributed by atoms with Gasteiger partial charge in [-0.15, -0.1) is 0 Å². The van der Waals surface area contributed by atoms with E-state index in [4.69, 9.17) is 4.74 Å². The number of ether oxygens (including phenoxy) is 1. The Morgan fingerprint density at radius 2 is 1.75 bits per heavy atom. The van der Waals surface area contributed by atoms with Gasteiger partial charge in [-0.3, -0.25) is 9.59 Å². The molecule has 0 aliphatic carbocycles. The van der Waals surface area contributed by atoms with Crippen molar-refractivity contribution < 1.29 is 14.3 Å². The molecule has 1 saturated heterocycles. The van der Waals surface area contributed by atoms with Gasteiger partial charge in [0.05, 0.1) is 12.2 Å². The van der Waals surface area contributed by atoms with Gasteiger partial charge < -0.3 is 20.3 Å². The molecule has 0 radical (unpaired) electrons. The number of unbranched alkanes of at least 4 members (excludes halogenated alkanes) is 1. The number of anilines is 2. The molecule has 0 bridgehead atoms. The fourth-order valence-electron chi connectivity index (χ4n) is 3.66. The van der Waals surface area contributed by atoms with Crippen molar-refractivity contribution in [3.63, 3.8) is 0 Å². The smallest absolute Gasteiger partial charge is 0.255 e. The molecule has 32 heavy (non-hydrogen) atoms. The standard InChI is InChI=1S/C26H35N3O3/c1-4-5-16-32-22-11-8-20(9-12-22)25(30)28-21-10-13-24(29-14-6-7-15-29)23(17-21)26(31)27-18-19(2)3/h8-13,17,19H,4-7,14-16,18H2,1-3H3,(H,27,31)(H,28,30). The van der Waals surface area contributed by atoms with Crippen LogP contribution < -0.4 is 20.3 Å². The van der Waals surface area contributed by atoms with Gasteiger partial charge in [-0.2, -0.15) is 0 Å². The van der Waals surface area contributed by atoms with E-state index < -0.39 is 0 Å². The number of rotatable bonds is 10. The Hall–Kier alpha value is -3.02. The number of carbonyl (C=O) groups is 2. The SMILES string of the molecule is CCCCOc1ccc(C(=O)Nc2ccc(N3CCCC3)c(C(=O)NCC(C)C)c2)cc1. The first-order valence-electron chi connectivity index (χ1n) is 11.7. The van der Waals surface area contributed by atoms with E-state index >= 15 is 0 Å². The fourth-order valence-corrected chi connectivity index (χ4v) is 3.66. The van der Waals surface area contributed by atoms with Crippen molar-refractivity contribution in [1.29, 1.82) is 0 Å². The van der Waals surface area contributed by atoms with Gasteiger partial charge in [0.1, 0.15) is 5.75 Å². The molecule has 0 saturated carbocycles. The van der Waals surface area contributed by atoms with Crippen LogP contribution in [0.1, 0.15) is 67.2 Å². The van der Waals surface area contributed by atoms with E-state index in [-0.39, 0.29) is 11.8 Å². The highest BCUT2D eigenvalue weighted by molar-refractivity contribution is 6.06. The third kappa shape index (κ3) is 6.49. The Morgan fingerprint density at radius 1 is 1.03 bits per heavy atom. The van der Waals surface area contributed by atoms with E-state index in [0.29, 0.717) is 35.9 Å². The van der Waals surface area contributed by atoms with Gasteiger partial charge in [0.2, 0.25) is 0 Å². The second-order valence-electron chi connectivity index (χ2n) is 8.71. The van der Waals surface area contributed by atoms with E-state index in [1.807, 2.05) is 24.3 Å². The molecule has 1 aliphatic rings. The Balaban J connectivity index is 1.73. The van der Waals surface area contributed by atoms with Crippen LogP contribution in [0.15, 0.2) is 42.5 Å². The van der Waals surface area contributed by atoms with Crippen molar-refractivity contribution in [3.05, 3.63) is 53.6 Å². The van der Waals surface area contributed by atoms with Crippen LogP contribution in [0.25, 0.3) is 0 Å². The quantitative estimate of drug-likeness (QED) is 0.507. The van der Waals surface area contributed by atoms with Gasteiger partial charge in [0.25, 0.3) is 11.8 Å². The molecule has 2 amide bonds. The van der Waals surface area contributed by atoms with Crippen LogP contribution in [0.2, 0.25) is 0 Å². The average molecular weight is 438 g/mol. The summed E-state index contributed by atoms with van der Waals surface area (Å²) in [6, 6.07) is 12.7. The maximum Gasteiger partial charge on any atom is 0.255 e. The largest absolute Gasteiger partial charge is 0.494 e. The summed E-state index contributed by atoms with van der Waals surface area (Å²) in [4.78, 5) is 27.9. The molecule has 2 aromatic rings. The number of nitrogens with zero attached hydrogens (tertiary/aromatic N) is 1. The zero-order valence-electron chi connectivity index (χ0n) is 19.4. The summed E-state index contributed by atoms with van der Waals surface area (Å²) in [5.74, 6) is 0.804. The predicted octanol–water partition coefficient (Wildman–Crippen LogP) is 5.10. The monoisotopic (exact) mass is 437 g/mol. The normalized spacial score (nSPS) is 13.3. The van der Waals surface area contributed by atoms with Crippen molar-refractivity contribution in [2.24, 2.45) is 5.92 Å². The van der Waals surface area contributed by atoms with E-state index in [2.05, 4.69) is 36.3 Å². The number of amides is 2. The first-order valence-corrected chi connectivity index (χ1v) is 11.7. The molecule has 0 spiro atoms. The van der Waals surface area contributed by atoms with Crippen molar-refractivity contribution in [3.8, 4) is 5.75 Å². The highest BCUT2D eigenvalue weighted by Crippen LogP contribution is 2.28. The summed E-state index contributed by atoms with van der Waals surface area (Å²) >= 11 is 0. The molecular formula is C26H35N3O3. The highest BCUT2D eigenvalue weighted by Gasteiger charge is 2.20. The Labute approximate surface area is 191 Å². The van der Waals surface area contributed by atoms with Gasteiger partial charge in [0.15, 0.2) is 0 Å². The lowest BCUT2D eigenvalue weighted by Crippen LogP contribution is -2.30. The van der Waals surface area contributed by atoms with Gasteiger partial charge in [-0.05, 0) is 67.6 Å². The third-order valence-corrected chi connectivity index (χ3v) is 5.50. The molecule has 6 nitrogen and oxygen atoms in total. The molecule has 2 N–H and O–H groups in total. The van der Waals surface area contributed by atoms with Gasteiger partial charge >= 0.3 is 0 Å². The molecule has 172 valence electrons. The topological polar surface area (TPSA) is 70.7 Å². The van der Waals surface area contributed by atoms with Crippen LogP contribution in [0, 0.1) is 5.92 Å². The van der Waals surface area contributed by atoms with E-state index in [1.165, 1.54) is 0 Å². The Bertz CT molecular complexity index is 903. The predicted molar refractivity (Wildman–Crippen MR) is 130 cm³/mol. The number of hydrogen-bond acceptors (Lipinski definition) is 4. The van der Waals surface area contributed by atoms with Gasteiger partial charge in [-0.1, -0.05) is 27.2 Å². The van der Waals surface area contributed by atoms with Gasteiger partial charge in [-0.25, -0.2) is 0 Å². The second kappa shape index (κ2) is 11.6. The number of benzene rings is 2. The minimum atomic E-state index is -0.215. The first kappa shape index (κ1) is 23.6. The minimum Gasteiger partial charge on any atom is -0.494 e. The number of carbonyl (C=O) groups excluding carboxylic acids is 2. The summed E-state index contributed by atoms with van der Waals surface area (Å²) in [5, 5.41) is 5.94. The molecule has 1 heterocycles. The first-order chi connectivity index (χ1) is 15.5. The van der Waals surface area contributed by atoms with Crippen LogP contribution in [0.5, 0.6) is 5.75 Å². The lowest BCUT2D eigenvalue weighted by molar-refractivity contribution is 0.0948. The highest BCUT2D eigenvalue weighted by atomic mass is 16.5. The molecule has 3 rings (SSSR count). The summed E-state index contributed by atoms with van der Waals surface area (Å²) in [6.45, 7) is 9.44. The molecule has 1 fully saturated rings. The molecule has 0 aromatic heterocycles. The minimum absolute atomic E-state index is 0.106. The molecule has 1 aliphatic heterocycles. The third-order valence-electron chi connectivity index (χ3n) is 5.50. The van der Waals surface area contributed by atoms with Crippen molar-refractivity contribution in [2.75, 3.05) is 36.5 Å². The van der Waals surface area contributed by atoms with Crippen molar-refractivity contribution >= 4 is 23.2 Å². The lowest BCUT2D eigenvalue weighted by Gasteiger charge is -2.22. The maximum absolute atomic E-state index is 12.9. The van der Waals surface area contributed by atoms with Crippen molar-refractivity contribution in [2.45, 2.75) is 46.5 Å². The zero-order valence-corrected chi connectivity index (χ0v) is 19.4. The summed E-state index contributed by atoms with van der Waals surface area (Å²) in [7, 11) is 0. The van der Waals surface area contributed by atoms with Crippen LogP contribution in [-0.4, -0.2) is 38.1 Å². The molecular weight excluding hydrogens is 402 g/mol. The fraction of sp³-hybridized carbons (Fsp3) is 0.462. The van der Waals surface area contributed by atoms with Crippen LogP contribution in [0.3, 0.4) is 0 Å². The second-order valence-corrected chi connectivity index (χ2v) is 8.71. The van der Waals surface area contributed by atoms with Crippen LogP contribution in [-0.2, 0) is 0 Å². The Kier molecular flexibility index (Phi) is 8.54. The van der Waals surface area contributed by atoms with Crippen molar-refractivity contribution in [1.82, 2.24) is 5.32 Å². The average Bonchev–Trinajstić information content (AvgIpc) is 3.33. The molecule has 0 unspecified atom stereocenters. The van der Waals surface area contributed by atoms with E-state index in [0.717, 1.165) is 50.2 Å². The zero-order chi connectivity index (χ0) is 22.9. The van der Waals surface area contributed by atoms with E-state index in [9.17, 15) is 9.59 Å². The summed E-state index contributed by atoms with van der Waals surface area (Å²) < 4.78 is 5.66. The van der Waals surface area contributed by atoms with Crippen LogP contribution in [0.4, 0.5) is 11.4 Å². The Morgan fingerprint density at radius 3 is 2.41 bits per heavy atom. The summed E-state index contributed by atoms with van der Waals surface area (Å²) in [6.07, 6.45) is 4.34. The lowest BCUT2D eigenvalue weighted by atomic mass is 10.1. The molecule has 2 aromatic carbocycles. The number of nitrogens with one attached hydrogen (secondary N) is 2. The van der Waals surface area contributed by atoms with Gasteiger partial charge in [0, 0.05) is 36.6 Å². The van der Waals surface area contributed by atoms with Crippen LogP contribution >= 0.6 is 0 Å².